The van der Waals surface area contributed by atoms with Gasteiger partial charge >= 0.3 is 12.2 Å². The molecule has 0 unspecified atom stereocenters. The van der Waals surface area contributed by atoms with Crippen molar-refractivity contribution in [2.75, 3.05) is 13.1 Å². The van der Waals surface area contributed by atoms with Crippen LogP contribution in [0.1, 0.15) is 25.5 Å². The SMILES string of the molecule is CCN(CC)C(=O)OC(=C(F)F)[C@@H](O)c1ccc(-c2ccccc2)cc1. The normalized spacial score (nSPS) is 11.6. The predicted octanol–water partition coefficient (Wildman–Crippen LogP) is 4.97. The summed E-state index contributed by atoms with van der Waals surface area (Å²) in [4.78, 5) is 13.2. The zero-order valence-corrected chi connectivity index (χ0v) is 14.7. The van der Waals surface area contributed by atoms with Crippen molar-refractivity contribution in [1.29, 1.82) is 0 Å². The van der Waals surface area contributed by atoms with Crippen LogP contribution in [0.3, 0.4) is 0 Å². The molecule has 0 bridgehead atoms. The van der Waals surface area contributed by atoms with Crippen LogP contribution in [0.2, 0.25) is 0 Å². The molecule has 1 amide bonds. The Morgan fingerprint density at radius 3 is 2.04 bits per heavy atom. The maximum atomic E-state index is 13.2. The van der Waals surface area contributed by atoms with Crippen molar-refractivity contribution in [3.8, 4) is 11.1 Å². The topological polar surface area (TPSA) is 49.8 Å². The molecule has 6 heteroatoms. The summed E-state index contributed by atoms with van der Waals surface area (Å²) in [6.07, 6.45) is -4.88. The zero-order chi connectivity index (χ0) is 19.1. The first-order valence-electron chi connectivity index (χ1n) is 8.33. The summed E-state index contributed by atoms with van der Waals surface area (Å²) in [7, 11) is 0. The van der Waals surface area contributed by atoms with E-state index in [0.717, 1.165) is 11.1 Å². The number of amides is 1. The number of nitrogens with zero attached hydrogens (tertiary/aromatic N) is 1. The van der Waals surface area contributed by atoms with Gasteiger partial charge in [0.05, 0.1) is 0 Å². The van der Waals surface area contributed by atoms with Gasteiger partial charge in [0.2, 0.25) is 5.76 Å². The first-order chi connectivity index (χ1) is 12.5. The van der Waals surface area contributed by atoms with E-state index in [1.807, 2.05) is 30.3 Å². The fourth-order valence-corrected chi connectivity index (χ4v) is 2.48. The van der Waals surface area contributed by atoms with Gasteiger partial charge in [-0.05, 0) is 30.5 Å². The number of ether oxygens (including phenoxy) is 1. The van der Waals surface area contributed by atoms with Crippen molar-refractivity contribution in [3.63, 3.8) is 0 Å². The minimum atomic E-state index is -2.23. The number of carbonyl (C=O) groups is 1. The number of hydrogen-bond donors (Lipinski definition) is 1. The summed E-state index contributed by atoms with van der Waals surface area (Å²) in [6, 6.07) is 16.0. The van der Waals surface area contributed by atoms with Crippen LogP contribution in [-0.2, 0) is 4.74 Å². The summed E-state index contributed by atoms with van der Waals surface area (Å²) in [5.41, 5.74) is 2.06. The third kappa shape index (κ3) is 4.67. The van der Waals surface area contributed by atoms with Crippen molar-refractivity contribution < 1.29 is 23.4 Å². The molecule has 0 fully saturated rings. The molecule has 0 radical (unpaired) electrons. The Bertz CT molecular complexity index is 752. The minimum Gasteiger partial charge on any atom is -0.406 e. The Kier molecular flexibility index (Phi) is 6.86. The summed E-state index contributed by atoms with van der Waals surface area (Å²) >= 11 is 0. The monoisotopic (exact) mass is 361 g/mol. The lowest BCUT2D eigenvalue weighted by molar-refractivity contribution is 0.0832. The Morgan fingerprint density at radius 1 is 1.00 bits per heavy atom. The molecular formula is C20H21F2NO3. The van der Waals surface area contributed by atoms with Gasteiger partial charge in [-0.2, -0.15) is 8.78 Å². The quantitative estimate of drug-likeness (QED) is 0.739. The van der Waals surface area contributed by atoms with Gasteiger partial charge in [-0.1, -0.05) is 54.6 Å². The van der Waals surface area contributed by atoms with Crippen molar-refractivity contribution in [3.05, 3.63) is 72.0 Å². The highest BCUT2D eigenvalue weighted by Crippen LogP contribution is 2.29. The Labute approximate surface area is 151 Å². The van der Waals surface area contributed by atoms with Crippen LogP contribution in [0, 0.1) is 0 Å². The summed E-state index contributed by atoms with van der Waals surface area (Å²) in [5, 5.41) is 10.3. The maximum Gasteiger partial charge on any atom is 0.415 e. The second kappa shape index (κ2) is 9.10. The van der Waals surface area contributed by atoms with Crippen LogP contribution in [0.5, 0.6) is 0 Å². The van der Waals surface area contributed by atoms with Crippen LogP contribution < -0.4 is 0 Å². The average Bonchev–Trinajstić information content (AvgIpc) is 2.67. The lowest BCUT2D eigenvalue weighted by atomic mass is 10.0. The molecule has 0 aromatic heterocycles. The number of carbonyl (C=O) groups excluding carboxylic acids is 1. The van der Waals surface area contributed by atoms with E-state index in [2.05, 4.69) is 0 Å². The first-order valence-corrected chi connectivity index (χ1v) is 8.33. The number of aliphatic hydroxyl groups is 1. The highest BCUT2D eigenvalue weighted by molar-refractivity contribution is 5.69. The lowest BCUT2D eigenvalue weighted by Crippen LogP contribution is -2.31. The molecule has 0 aliphatic rings. The van der Waals surface area contributed by atoms with Crippen LogP contribution in [-0.4, -0.2) is 29.2 Å². The van der Waals surface area contributed by atoms with Gasteiger partial charge in [0.1, 0.15) is 6.10 Å². The highest BCUT2D eigenvalue weighted by atomic mass is 19.3. The van der Waals surface area contributed by atoms with E-state index in [1.54, 1.807) is 26.0 Å². The number of aliphatic hydroxyl groups excluding tert-OH is 1. The minimum absolute atomic E-state index is 0.208. The molecule has 0 saturated carbocycles. The second-order valence-corrected chi connectivity index (χ2v) is 5.56. The fourth-order valence-electron chi connectivity index (χ4n) is 2.48. The third-order valence-corrected chi connectivity index (χ3v) is 3.99. The molecule has 2 rings (SSSR count). The van der Waals surface area contributed by atoms with E-state index in [9.17, 15) is 18.7 Å². The number of halogens is 2. The highest BCUT2D eigenvalue weighted by Gasteiger charge is 2.25. The molecular weight excluding hydrogens is 340 g/mol. The summed E-state index contributed by atoms with van der Waals surface area (Å²) < 4.78 is 31.2. The molecule has 0 heterocycles. The van der Waals surface area contributed by atoms with E-state index in [-0.39, 0.29) is 5.56 Å². The first kappa shape index (κ1) is 19.6. The zero-order valence-electron chi connectivity index (χ0n) is 14.7. The van der Waals surface area contributed by atoms with E-state index < -0.39 is 24.0 Å². The van der Waals surface area contributed by atoms with E-state index in [0.29, 0.717) is 13.1 Å². The van der Waals surface area contributed by atoms with Crippen LogP contribution >= 0.6 is 0 Å². The Hall–Kier alpha value is -2.73. The molecule has 0 aliphatic carbocycles. The van der Waals surface area contributed by atoms with Gasteiger partial charge in [-0.3, -0.25) is 0 Å². The fraction of sp³-hybridized carbons (Fsp3) is 0.250. The van der Waals surface area contributed by atoms with Crippen LogP contribution in [0.4, 0.5) is 13.6 Å². The number of rotatable bonds is 6. The van der Waals surface area contributed by atoms with Crippen LogP contribution in [0.15, 0.2) is 66.4 Å². The number of benzene rings is 2. The van der Waals surface area contributed by atoms with Gasteiger partial charge in [0.25, 0.3) is 0 Å². The van der Waals surface area contributed by atoms with E-state index in [4.69, 9.17) is 4.74 Å². The second-order valence-electron chi connectivity index (χ2n) is 5.56. The molecule has 138 valence electrons. The van der Waals surface area contributed by atoms with Gasteiger partial charge in [0, 0.05) is 13.1 Å². The van der Waals surface area contributed by atoms with Gasteiger partial charge < -0.3 is 14.7 Å². The summed E-state index contributed by atoms with van der Waals surface area (Å²) in [5.74, 6) is -1.05. The Balaban J connectivity index is 2.20. The van der Waals surface area contributed by atoms with E-state index in [1.165, 1.54) is 17.0 Å². The number of hydrogen-bond acceptors (Lipinski definition) is 3. The molecule has 1 N–H and O–H groups in total. The molecule has 1 atom stereocenters. The third-order valence-electron chi connectivity index (χ3n) is 3.99. The largest absolute Gasteiger partial charge is 0.415 e. The molecule has 0 aliphatic heterocycles. The average molecular weight is 361 g/mol. The predicted molar refractivity (Wildman–Crippen MR) is 95.5 cm³/mol. The molecule has 0 spiro atoms. The standard InChI is InChI=1S/C20H21F2NO3/c1-3-23(4-2)20(25)26-18(19(21)22)17(24)16-12-10-15(11-13-16)14-8-6-5-7-9-14/h5-13,17,24H,3-4H2,1-2H3/t17-/m0/s1. The molecule has 26 heavy (non-hydrogen) atoms. The molecule has 2 aromatic rings. The maximum absolute atomic E-state index is 13.2. The molecule has 2 aromatic carbocycles. The van der Waals surface area contributed by atoms with Crippen molar-refractivity contribution in [1.82, 2.24) is 4.90 Å². The van der Waals surface area contributed by atoms with Crippen molar-refractivity contribution in [2.45, 2.75) is 20.0 Å². The molecule has 0 saturated heterocycles. The van der Waals surface area contributed by atoms with Crippen molar-refractivity contribution >= 4 is 6.09 Å². The van der Waals surface area contributed by atoms with E-state index >= 15 is 0 Å². The van der Waals surface area contributed by atoms with Gasteiger partial charge in [-0.15, -0.1) is 0 Å². The Morgan fingerprint density at radius 2 is 1.54 bits per heavy atom. The smallest absolute Gasteiger partial charge is 0.406 e. The van der Waals surface area contributed by atoms with Gasteiger partial charge in [-0.25, -0.2) is 4.79 Å². The lowest BCUT2D eigenvalue weighted by Gasteiger charge is -2.21. The van der Waals surface area contributed by atoms with Crippen LogP contribution in [0.25, 0.3) is 11.1 Å². The van der Waals surface area contributed by atoms with Gasteiger partial charge in [0.15, 0.2) is 0 Å². The van der Waals surface area contributed by atoms with Crippen molar-refractivity contribution in [2.24, 2.45) is 0 Å². The summed E-state index contributed by atoms with van der Waals surface area (Å²) in [6.45, 7) is 4.05. The molecule has 4 nitrogen and oxygen atoms in total.